The number of halogens is 1. The monoisotopic (exact) mass is 489 g/mol. The fourth-order valence-electron chi connectivity index (χ4n) is 3.67. The molecule has 1 saturated heterocycles. The van der Waals surface area contributed by atoms with Crippen molar-refractivity contribution in [2.45, 2.75) is 50.8 Å². The summed E-state index contributed by atoms with van der Waals surface area (Å²) >= 11 is 0. The molecule has 1 N–H and O–H groups in total. The number of sulfonamides is 1. The first-order valence-corrected chi connectivity index (χ1v) is 12.0. The van der Waals surface area contributed by atoms with E-state index in [0.29, 0.717) is 11.1 Å². The van der Waals surface area contributed by atoms with Gasteiger partial charge < -0.3 is 14.4 Å². The van der Waals surface area contributed by atoms with Crippen LogP contribution in [0.1, 0.15) is 29.0 Å². The Kier molecular flexibility index (Phi) is 6.52. The number of aromatic nitrogens is 2. The Bertz CT molecular complexity index is 1340. The van der Waals surface area contributed by atoms with Gasteiger partial charge in [-0.05, 0) is 55.7 Å². The highest BCUT2D eigenvalue weighted by Gasteiger charge is 2.44. The maximum absolute atomic E-state index is 13.8. The van der Waals surface area contributed by atoms with Gasteiger partial charge in [-0.15, -0.1) is 0 Å². The molecule has 0 amide bonds. The van der Waals surface area contributed by atoms with Crippen molar-refractivity contribution in [1.29, 1.82) is 0 Å². The number of aliphatic hydroxyl groups excluding tert-OH is 1. The van der Waals surface area contributed by atoms with E-state index in [1.807, 2.05) is 6.92 Å². The number of nitrogens with zero attached hydrogens (tertiary/aromatic N) is 3. The Morgan fingerprint density at radius 3 is 2.62 bits per heavy atom. The van der Waals surface area contributed by atoms with Gasteiger partial charge in [-0.3, -0.25) is 4.79 Å². The first-order chi connectivity index (χ1) is 16.1. The van der Waals surface area contributed by atoms with Crippen LogP contribution in [0.15, 0.2) is 45.8 Å². The molecule has 0 bridgehead atoms. The van der Waals surface area contributed by atoms with Gasteiger partial charge in [0.2, 0.25) is 15.8 Å². The maximum atomic E-state index is 13.8. The lowest BCUT2D eigenvalue weighted by Crippen LogP contribution is -2.41. The van der Waals surface area contributed by atoms with Gasteiger partial charge in [-0.25, -0.2) is 12.8 Å². The van der Waals surface area contributed by atoms with Gasteiger partial charge in [-0.1, -0.05) is 23.4 Å². The highest BCUT2D eigenvalue weighted by atomic mass is 32.2. The largest absolute Gasteiger partial charge is 0.454 e. The molecule has 180 valence electrons. The Morgan fingerprint density at radius 1 is 1.18 bits per heavy atom. The molecule has 4 rings (SSSR count). The second-order valence-corrected chi connectivity index (χ2v) is 10.2. The van der Waals surface area contributed by atoms with Crippen LogP contribution in [0.3, 0.4) is 0 Å². The van der Waals surface area contributed by atoms with Crippen LogP contribution in [0, 0.1) is 26.6 Å². The number of esters is 1. The molecule has 11 heteroatoms. The second-order valence-electron chi connectivity index (χ2n) is 8.31. The van der Waals surface area contributed by atoms with Crippen LogP contribution in [-0.2, 0) is 26.2 Å². The average Bonchev–Trinajstić information content (AvgIpc) is 3.43. The number of rotatable bonds is 6. The average molecular weight is 490 g/mol. The molecule has 34 heavy (non-hydrogen) atoms. The van der Waals surface area contributed by atoms with Crippen molar-refractivity contribution in [2.24, 2.45) is 0 Å². The van der Waals surface area contributed by atoms with Crippen molar-refractivity contribution in [2.75, 3.05) is 6.54 Å². The summed E-state index contributed by atoms with van der Waals surface area (Å²) < 4.78 is 51.4. The smallest absolute Gasteiger partial charge is 0.325 e. The fourth-order valence-corrected chi connectivity index (χ4v) is 5.38. The Hall–Kier alpha value is -3.15. The molecule has 0 saturated carbocycles. The third-order valence-corrected chi connectivity index (χ3v) is 7.70. The normalized spacial score (nSPS) is 18.9. The van der Waals surface area contributed by atoms with Gasteiger partial charge in [-0.2, -0.15) is 9.29 Å². The molecule has 2 heterocycles. The van der Waals surface area contributed by atoms with Crippen LogP contribution >= 0.6 is 0 Å². The molecular formula is C23H24FN3O6S. The number of carbonyl (C=O) groups excluding carboxylic acids is 1. The zero-order valence-electron chi connectivity index (χ0n) is 18.9. The van der Waals surface area contributed by atoms with E-state index < -0.39 is 40.6 Å². The van der Waals surface area contributed by atoms with Crippen molar-refractivity contribution in [3.63, 3.8) is 0 Å². The van der Waals surface area contributed by atoms with Crippen LogP contribution in [0.4, 0.5) is 4.39 Å². The van der Waals surface area contributed by atoms with Gasteiger partial charge in [0.05, 0.1) is 11.0 Å². The van der Waals surface area contributed by atoms with Crippen molar-refractivity contribution in [1.82, 2.24) is 14.4 Å². The lowest BCUT2D eigenvalue weighted by molar-refractivity contribution is -0.149. The fraction of sp³-hybridized carbons (Fsp3) is 0.348. The summed E-state index contributed by atoms with van der Waals surface area (Å²) in [6.07, 6.45) is -1.11. The summed E-state index contributed by atoms with van der Waals surface area (Å²) in [4.78, 5) is 16.9. The van der Waals surface area contributed by atoms with Crippen LogP contribution < -0.4 is 0 Å². The zero-order valence-corrected chi connectivity index (χ0v) is 19.7. The van der Waals surface area contributed by atoms with Crippen LogP contribution in [0.2, 0.25) is 0 Å². The lowest BCUT2D eigenvalue weighted by Gasteiger charge is -2.22. The standard InChI is InChI=1S/C23H24FN3O6S/c1-13-5-7-18(8-15(13)3)34(30,31)27-11-17(28)10-20(27)23(29)32-12-21-25-22(26-33-21)16-6-4-14(2)19(24)9-16/h4-9,17,20,28H,10-12H2,1-3H3/t17?,20-/m0/s1. The van der Waals surface area contributed by atoms with Crippen LogP contribution in [-0.4, -0.2) is 52.6 Å². The van der Waals surface area contributed by atoms with Crippen molar-refractivity contribution < 1.29 is 32.0 Å². The molecule has 1 aromatic heterocycles. The van der Waals surface area contributed by atoms with Crippen molar-refractivity contribution >= 4 is 16.0 Å². The molecule has 2 atom stereocenters. The van der Waals surface area contributed by atoms with Gasteiger partial charge in [0, 0.05) is 18.5 Å². The number of hydrogen-bond acceptors (Lipinski definition) is 8. The molecule has 1 aliphatic rings. The molecule has 0 radical (unpaired) electrons. The summed E-state index contributed by atoms with van der Waals surface area (Å²) in [6, 6.07) is 7.98. The van der Waals surface area contributed by atoms with E-state index >= 15 is 0 Å². The number of carbonyl (C=O) groups is 1. The molecule has 1 unspecified atom stereocenters. The minimum Gasteiger partial charge on any atom is -0.454 e. The van der Waals surface area contributed by atoms with E-state index in [-0.39, 0.29) is 29.6 Å². The Labute approximate surface area is 196 Å². The maximum Gasteiger partial charge on any atom is 0.325 e. The lowest BCUT2D eigenvalue weighted by atomic mass is 10.1. The number of aryl methyl sites for hydroxylation is 3. The summed E-state index contributed by atoms with van der Waals surface area (Å²) in [7, 11) is -4.04. The summed E-state index contributed by atoms with van der Waals surface area (Å²) in [5.41, 5.74) is 2.60. The van der Waals surface area contributed by atoms with E-state index in [0.717, 1.165) is 15.4 Å². The minimum atomic E-state index is -4.04. The molecule has 0 spiro atoms. The number of hydrogen-bond donors (Lipinski definition) is 1. The molecule has 0 aliphatic carbocycles. The van der Waals surface area contributed by atoms with E-state index in [1.54, 1.807) is 32.0 Å². The number of benzene rings is 2. The Morgan fingerprint density at radius 2 is 1.91 bits per heavy atom. The van der Waals surface area contributed by atoms with Gasteiger partial charge in [0.1, 0.15) is 11.9 Å². The Balaban J connectivity index is 1.47. The molecule has 1 aliphatic heterocycles. The third-order valence-electron chi connectivity index (χ3n) is 5.83. The predicted molar refractivity (Wildman–Crippen MR) is 118 cm³/mol. The topological polar surface area (TPSA) is 123 Å². The van der Waals surface area contributed by atoms with E-state index in [2.05, 4.69) is 10.1 Å². The first-order valence-electron chi connectivity index (χ1n) is 10.6. The SMILES string of the molecule is Cc1ccc(S(=O)(=O)N2CC(O)C[C@H]2C(=O)OCc2nc(-c3ccc(C)c(F)c3)no2)cc1C. The first kappa shape index (κ1) is 24.0. The van der Waals surface area contributed by atoms with E-state index in [1.165, 1.54) is 18.2 Å². The highest BCUT2D eigenvalue weighted by Crippen LogP contribution is 2.28. The van der Waals surface area contributed by atoms with Crippen LogP contribution in [0.5, 0.6) is 0 Å². The molecule has 9 nitrogen and oxygen atoms in total. The van der Waals surface area contributed by atoms with Crippen LogP contribution in [0.25, 0.3) is 11.4 Å². The minimum absolute atomic E-state index is 0.0357. The zero-order chi connectivity index (χ0) is 24.6. The third kappa shape index (κ3) is 4.72. The van der Waals surface area contributed by atoms with Crippen molar-refractivity contribution in [3.05, 3.63) is 64.8 Å². The molecule has 2 aromatic carbocycles. The van der Waals surface area contributed by atoms with Gasteiger partial charge >= 0.3 is 5.97 Å². The molecule has 1 fully saturated rings. The number of ether oxygens (including phenoxy) is 1. The van der Waals surface area contributed by atoms with Gasteiger partial charge in [0.15, 0.2) is 6.61 Å². The highest BCUT2D eigenvalue weighted by molar-refractivity contribution is 7.89. The predicted octanol–water partition coefficient (Wildman–Crippen LogP) is 2.67. The summed E-state index contributed by atoms with van der Waals surface area (Å²) in [5.74, 6) is -1.17. The number of β-amino-alcohol motifs (C(OH)–C–C–N with tert-alkyl or cyclic N) is 1. The van der Waals surface area contributed by atoms with Gasteiger partial charge in [0.25, 0.3) is 5.89 Å². The number of aliphatic hydroxyl groups is 1. The molecular weight excluding hydrogens is 465 g/mol. The van der Waals surface area contributed by atoms with E-state index in [4.69, 9.17) is 9.26 Å². The summed E-state index contributed by atoms with van der Waals surface area (Å²) in [6.45, 7) is 4.67. The quantitative estimate of drug-likeness (QED) is 0.525. The second kappa shape index (κ2) is 9.24. The summed E-state index contributed by atoms with van der Waals surface area (Å²) in [5, 5.41) is 13.9. The molecule has 3 aromatic rings. The van der Waals surface area contributed by atoms with Crippen molar-refractivity contribution in [3.8, 4) is 11.4 Å². The van der Waals surface area contributed by atoms with E-state index in [9.17, 15) is 22.7 Å².